The highest BCUT2D eigenvalue weighted by molar-refractivity contribution is 7.10. The fourth-order valence-corrected chi connectivity index (χ4v) is 2.95. The molecule has 0 bridgehead atoms. The zero-order chi connectivity index (χ0) is 14.5. The van der Waals surface area contributed by atoms with Crippen molar-refractivity contribution in [3.63, 3.8) is 0 Å². The first-order chi connectivity index (χ1) is 9.56. The van der Waals surface area contributed by atoms with Crippen LogP contribution < -0.4 is 0 Å². The first kappa shape index (κ1) is 15.0. The summed E-state index contributed by atoms with van der Waals surface area (Å²) in [6, 6.07) is 8.32. The molecule has 0 aliphatic heterocycles. The molecule has 0 aliphatic rings. The first-order valence-electron chi connectivity index (χ1n) is 6.28. The highest BCUT2D eigenvalue weighted by Crippen LogP contribution is 2.19. The average molecular weight is 312 g/mol. The molecular formula is C15H15ClFNOS. The van der Waals surface area contributed by atoms with Crippen molar-refractivity contribution in [3.05, 3.63) is 57.5 Å². The zero-order valence-electron chi connectivity index (χ0n) is 11.1. The molecular weight excluding hydrogens is 297 g/mol. The lowest BCUT2D eigenvalue weighted by molar-refractivity contribution is 0.220. The minimum absolute atomic E-state index is 0.256. The molecule has 0 spiro atoms. The van der Waals surface area contributed by atoms with Crippen LogP contribution in [0.2, 0.25) is 0 Å². The smallest absolute Gasteiger partial charge is 0.316 e. The van der Waals surface area contributed by atoms with E-state index in [2.05, 4.69) is 0 Å². The van der Waals surface area contributed by atoms with Gasteiger partial charge < -0.3 is 4.90 Å². The zero-order valence-corrected chi connectivity index (χ0v) is 12.7. The highest BCUT2D eigenvalue weighted by Gasteiger charge is 2.13. The largest absolute Gasteiger partial charge is 0.324 e. The number of carbonyl (C=O) groups excluding carboxylic acids is 1. The normalized spacial score (nSPS) is 10.6. The third-order valence-corrected chi connectivity index (χ3v) is 4.38. The van der Waals surface area contributed by atoms with Gasteiger partial charge in [0.1, 0.15) is 5.82 Å². The summed E-state index contributed by atoms with van der Waals surface area (Å²) in [6.45, 7) is 3.06. The van der Waals surface area contributed by atoms with Crippen molar-refractivity contribution in [3.8, 4) is 0 Å². The Labute approximate surface area is 126 Å². The van der Waals surface area contributed by atoms with Crippen molar-refractivity contribution in [2.24, 2.45) is 0 Å². The van der Waals surface area contributed by atoms with Crippen LogP contribution in [0.1, 0.15) is 16.0 Å². The topological polar surface area (TPSA) is 20.3 Å². The Hall–Kier alpha value is -1.39. The summed E-state index contributed by atoms with van der Waals surface area (Å²) in [5, 5.41) is 1.54. The fourth-order valence-electron chi connectivity index (χ4n) is 1.88. The second kappa shape index (κ2) is 6.86. The number of hydrogen-bond donors (Lipinski definition) is 0. The quantitative estimate of drug-likeness (QED) is 0.584. The number of hydrogen-bond acceptors (Lipinski definition) is 2. The van der Waals surface area contributed by atoms with E-state index in [1.54, 1.807) is 28.4 Å². The standard InChI is InChI=1S/C15H15ClFNOS/c1-11-7-9-20-14(11)10-18(15(16)19)8-6-12-2-4-13(17)5-3-12/h2-5,7,9H,6,8,10H2,1H3. The van der Waals surface area contributed by atoms with Gasteiger partial charge in [0.2, 0.25) is 0 Å². The first-order valence-corrected chi connectivity index (χ1v) is 7.54. The summed E-state index contributed by atoms with van der Waals surface area (Å²) in [7, 11) is 0. The maximum Gasteiger partial charge on any atom is 0.316 e. The molecule has 1 aromatic carbocycles. The van der Waals surface area contributed by atoms with Gasteiger partial charge in [0, 0.05) is 11.4 Å². The van der Waals surface area contributed by atoms with Gasteiger partial charge in [-0.2, -0.15) is 0 Å². The van der Waals surface area contributed by atoms with Crippen molar-refractivity contribution in [2.45, 2.75) is 19.9 Å². The summed E-state index contributed by atoms with van der Waals surface area (Å²) in [5.41, 5.74) is 2.15. The molecule has 2 rings (SSSR count). The SMILES string of the molecule is Cc1ccsc1CN(CCc1ccc(F)cc1)C(=O)Cl. The van der Waals surface area contributed by atoms with Gasteiger partial charge in [0.15, 0.2) is 0 Å². The van der Waals surface area contributed by atoms with Gasteiger partial charge in [-0.15, -0.1) is 11.3 Å². The molecule has 0 saturated heterocycles. The molecule has 2 aromatic rings. The average Bonchev–Trinajstić information content (AvgIpc) is 2.81. The van der Waals surface area contributed by atoms with E-state index < -0.39 is 5.37 Å². The van der Waals surface area contributed by atoms with Crippen LogP contribution in [0.15, 0.2) is 35.7 Å². The number of amides is 1. The number of benzene rings is 1. The summed E-state index contributed by atoms with van der Waals surface area (Å²) in [4.78, 5) is 14.2. The van der Waals surface area contributed by atoms with E-state index in [1.165, 1.54) is 17.7 Å². The van der Waals surface area contributed by atoms with Crippen LogP contribution in [0, 0.1) is 12.7 Å². The lowest BCUT2D eigenvalue weighted by atomic mass is 10.1. The molecule has 0 fully saturated rings. The Bertz CT molecular complexity index is 582. The number of carbonyl (C=O) groups is 1. The minimum atomic E-state index is -0.458. The number of nitrogens with zero attached hydrogens (tertiary/aromatic N) is 1. The molecule has 1 heterocycles. The maximum absolute atomic E-state index is 12.8. The van der Waals surface area contributed by atoms with Crippen LogP contribution >= 0.6 is 22.9 Å². The van der Waals surface area contributed by atoms with E-state index in [-0.39, 0.29) is 5.82 Å². The third-order valence-electron chi connectivity index (χ3n) is 3.13. The van der Waals surface area contributed by atoms with Crippen LogP contribution in [-0.4, -0.2) is 16.8 Å². The van der Waals surface area contributed by atoms with Crippen molar-refractivity contribution in [2.75, 3.05) is 6.54 Å². The van der Waals surface area contributed by atoms with Crippen molar-refractivity contribution >= 4 is 28.3 Å². The summed E-state index contributed by atoms with van der Waals surface area (Å²) >= 11 is 7.25. The Morgan fingerprint density at radius 1 is 1.30 bits per heavy atom. The molecule has 0 unspecified atom stereocenters. The Morgan fingerprint density at radius 2 is 2.00 bits per heavy atom. The molecule has 1 amide bonds. The molecule has 106 valence electrons. The van der Waals surface area contributed by atoms with Crippen molar-refractivity contribution in [1.29, 1.82) is 0 Å². The van der Waals surface area contributed by atoms with Crippen LogP contribution in [0.5, 0.6) is 0 Å². The Balaban J connectivity index is 1.98. The molecule has 0 saturated carbocycles. The molecule has 0 radical (unpaired) electrons. The van der Waals surface area contributed by atoms with Gasteiger partial charge in [0.25, 0.3) is 0 Å². The number of rotatable bonds is 5. The van der Waals surface area contributed by atoms with Gasteiger partial charge in [-0.1, -0.05) is 12.1 Å². The number of halogens is 2. The second-order valence-electron chi connectivity index (χ2n) is 4.58. The van der Waals surface area contributed by atoms with E-state index in [0.717, 1.165) is 10.4 Å². The Kier molecular flexibility index (Phi) is 5.15. The number of aryl methyl sites for hydroxylation is 1. The second-order valence-corrected chi connectivity index (χ2v) is 5.90. The van der Waals surface area contributed by atoms with Gasteiger partial charge in [0.05, 0.1) is 6.54 Å². The predicted molar refractivity (Wildman–Crippen MR) is 80.8 cm³/mol. The van der Waals surface area contributed by atoms with Crippen LogP contribution in [0.3, 0.4) is 0 Å². The van der Waals surface area contributed by atoms with E-state index in [4.69, 9.17) is 11.6 Å². The van der Waals surface area contributed by atoms with Crippen molar-refractivity contribution < 1.29 is 9.18 Å². The minimum Gasteiger partial charge on any atom is -0.324 e. The predicted octanol–water partition coefficient (Wildman–Crippen LogP) is 4.60. The third kappa shape index (κ3) is 4.05. The van der Waals surface area contributed by atoms with E-state index >= 15 is 0 Å². The molecule has 2 nitrogen and oxygen atoms in total. The van der Waals surface area contributed by atoms with E-state index in [1.807, 2.05) is 18.4 Å². The lowest BCUT2D eigenvalue weighted by Gasteiger charge is -2.19. The molecule has 20 heavy (non-hydrogen) atoms. The monoisotopic (exact) mass is 311 g/mol. The van der Waals surface area contributed by atoms with Crippen LogP contribution in [0.4, 0.5) is 9.18 Å². The van der Waals surface area contributed by atoms with E-state index in [9.17, 15) is 9.18 Å². The summed E-state index contributed by atoms with van der Waals surface area (Å²) in [6.07, 6.45) is 0.656. The molecule has 1 aromatic heterocycles. The van der Waals surface area contributed by atoms with Gasteiger partial charge >= 0.3 is 5.37 Å². The number of thiophene rings is 1. The van der Waals surface area contributed by atoms with E-state index in [0.29, 0.717) is 19.5 Å². The molecule has 5 heteroatoms. The molecule has 0 N–H and O–H groups in total. The lowest BCUT2D eigenvalue weighted by Crippen LogP contribution is -2.27. The molecule has 0 atom stereocenters. The highest BCUT2D eigenvalue weighted by atomic mass is 35.5. The molecule has 0 aliphatic carbocycles. The Morgan fingerprint density at radius 3 is 2.55 bits per heavy atom. The summed E-state index contributed by atoms with van der Waals surface area (Å²) in [5.74, 6) is -0.256. The fraction of sp³-hybridized carbons (Fsp3) is 0.267. The van der Waals surface area contributed by atoms with Crippen LogP contribution in [-0.2, 0) is 13.0 Å². The van der Waals surface area contributed by atoms with Crippen LogP contribution in [0.25, 0.3) is 0 Å². The van der Waals surface area contributed by atoms with Crippen molar-refractivity contribution in [1.82, 2.24) is 4.90 Å². The summed E-state index contributed by atoms with van der Waals surface area (Å²) < 4.78 is 12.8. The van der Waals surface area contributed by atoms with Gasteiger partial charge in [-0.3, -0.25) is 4.79 Å². The van der Waals surface area contributed by atoms with Gasteiger partial charge in [-0.05, 0) is 59.7 Å². The maximum atomic E-state index is 12.8. The van der Waals surface area contributed by atoms with Gasteiger partial charge in [-0.25, -0.2) is 4.39 Å².